The Hall–Kier alpha value is -7.46. The number of nitrogens with zero attached hydrogens (tertiary/aromatic N) is 16. The Labute approximate surface area is 455 Å². The Morgan fingerprint density at radius 1 is 0.750 bits per heavy atom. The summed E-state index contributed by atoms with van der Waals surface area (Å²) < 4.78 is 21.4. The molecule has 0 aliphatic rings. The van der Waals surface area contributed by atoms with Gasteiger partial charge >= 0.3 is 82.8 Å². The Morgan fingerprint density at radius 3 is 1.51 bits per heavy atom. The number of nitro benzene ring substituents is 1. The predicted octanol–water partition coefficient (Wildman–Crippen LogP) is 4.00. The van der Waals surface area contributed by atoms with Crippen molar-refractivity contribution < 1.29 is 116 Å². The van der Waals surface area contributed by atoms with Gasteiger partial charge in [-0.2, -0.15) is 4.39 Å². The van der Waals surface area contributed by atoms with Crippen LogP contribution in [0.4, 0.5) is 37.6 Å². The number of benzene rings is 3. The average molecular weight is 1020 g/mol. The first-order valence-electron chi connectivity index (χ1n) is 19.0. The second-order valence-electron chi connectivity index (χ2n) is 12.8. The molecule has 4 N–H and O–H groups in total. The third-order valence-electron chi connectivity index (χ3n) is 6.12. The molecule has 0 saturated carbocycles. The van der Waals surface area contributed by atoms with Crippen LogP contribution in [0.3, 0.4) is 0 Å². The topological polar surface area (TPSA) is 486 Å². The van der Waals surface area contributed by atoms with Gasteiger partial charge in [-0.3, -0.25) is 29.4 Å². The molecule has 0 aromatic heterocycles. The molecule has 72 heavy (non-hydrogen) atoms. The van der Waals surface area contributed by atoms with Gasteiger partial charge in [-0.1, -0.05) is 51.6 Å². The summed E-state index contributed by atoms with van der Waals surface area (Å²) in [5.74, 6) is -2.74. The molecule has 0 aliphatic carbocycles. The molecule has 1 amide bonds. The van der Waals surface area contributed by atoms with E-state index in [9.17, 15) is 43.3 Å². The molecule has 0 saturated heterocycles. The maximum absolute atomic E-state index is 12.7. The number of ether oxygens (including phenoxy) is 1. The molecule has 373 valence electrons. The summed E-state index contributed by atoms with van der Waals surface area (Å²) >= 11 is 0. The normalized spacial score (nSPS) is 8.47. The molecular weight excluding hydrogens is 978 g/mol. The van der Waals surface area contributed by atoms with Crippen molar-refractivity contribution in [1.82, 2.24) is 10.6 Å². The SMILES string of the molecule is CC(=O)OOC(C)=O.CC(C)(C)OC(=O)NCCNCc1ccc(N=[N+]=[N-])c(N=[N+]=[N-])c1.CCCN.O=Cc1ccc([N+](=O)[O-])c(F)c1.[B-]OC(C)=O.[N-]=[N+]=Nc1ccc(C=O)cc1N=[N+]=[N-].[N-]=[N+]=[N-].[Na+].[Na+]. The van der Waals surface area contributed by atoms with Crippen molar-refractivity contribution in [3.05, 3.63) is 145 Å². The number of azide groups is 4. The van der Waals surface area contributed by atoms with Crippen LogP contribution in [0.15, 0.2) is 75.1 Å². The maximum Gasteiger partial charge on any atom is 1.00 e. The summed E-state index contributed by atoms with van der Waals surface area (Å²) in [6, 6.07) is 12.2. The van der Waals surface area contributed by atoms with Gasteiger partial charge in [0.15, 0.2) is 0 Å². The third-order valence-corrected chi connectivity index (χ3v) is 6.12. The zero-order valence-corrected chi connectivity index (χ0v) is 44.5. The van der Waals surface area contributed by atoms with Crippen molar-refractivity contribution in [2.45, 2.75) is 67.0 Å². The molecule has 0 atom stereocenters. The number of nitrogens with one attached hydrogen (secondary N) is 2. The van der Waals surface area contributed by atoms with Crippen molar-refractivity contribution in [2.24, 2.45) is 26.2 Å². The molecular formula is C37H46BFN19Na2O12. The minimum Gasteiger partial charge on any atom is -0.793 e. The van der Waals surface area contributed by atoms with Crippen molar-refractivity contribution in [3.63, 3.8) is 0 Å². The van der Waals surface area contributed by atoms with Gasteiger partial charge in [-0.15, -0.1) is 0 Å². The second kappa shape index (κ2) is 48.6. The van der Waals surface area contributed by atoms with Crippen LogP contribution in [0.1, 0.15) is 81.2 Å². The predicted molar refractivity (Wildman–Crippen MR) is 248 cm³/mol. The maximum atomic E-state index is 12.7. The summed E-state index contributed by atoms with van der Waals surface area (Å²) in [6.07, 6.45) is 1.66. The van der Waals surface area contributed by atoms with Gasteiger partial charge in [0.1, 0.15) is 18.2 Å². The van der Waals surface area contributed by atoms with E-state index in [0.29, 0.717) is 37.8 Å². The van der Waals surface area contributed by atoms with Crippen LogP contribution in [-0.4, -0.2) is 74.8 Å². The van der Waals surface area contributed by atoms with E-state index in [4.69, 9.17) is 43.7 Å². The van der Waals surface area contributed by atoms with Crippen LogP contribution in [0.5, 0.6) is 0 Å². The van der Waals surface area contributed by atoms with Gasteiger partial charge in [0.05, 0.1) is 4.92 Å². The first-order chi connectivity index (χ1) is 33.0. The Balaban J connectivity index is -0.000000195. The molecule has 35 heteroatoms. The number of carbonyl (C=O) groups excluding carboxylic acids is 6. The number of amides is 1. The van der Waals surface area contributed by atoms with Crippen molar-refractivity contribution in [3.8, 4) is 0 Å². The van der Waals surface area contributed by atoms with E-state index in [1.165, 1.54) is 36.1 Å². The molecule has 3 rings (SSSR count). The molecule has 3 radical (unpaired) electrons. The van der Waals surface area contributed by atoms with Gasteiger partial charge in [0.2, 0.25) is 11.8 Å². The van der Waals surface area contributed by atoms with Gasteiger partial charge in [0.25, 0.3) is 0 Å². The number of hydrogen-bond acceptors (Lipinski definition) is 18. The van der Waals surface area contributed by atoms with Gasteiger partial charge in [-0.25, -0.2) is 24.2 Å². The average Bonchev–Trinajstić information content (AvgIpc) is 3.30. The summed E-state index contributed by atoms with van der Waals surface area (Å²) in [4.78, 5) is 90.0. The number of alkyl carbamates (subject to hydrolysis) is 1. The smallest absolute Gasteiger partial charge is 0.793 e. The zero-order valence-electron chi connectivity index (χ0n) is 40.5. The quantitative estimate of drug-likeness (QED) is 0.0251. The van der Waals surface area contributed by atoms with Crippen molar-refractivity contribution in [1.29, 1.82) is 0 Å². The molecule has 3 aromatic rings. The fourth-order valence-corrected chi connectivity index (χ4v) is 3.48. The van der Waals surface area contributed by atoms with E-state index in [-0.39, 0.29) is 87.4 Å². The number of carbonyl (C=O) groups is 6. The number of nitrogens with two attached hydrogens (primary N) is 1. The van der Waals surface area contributed by atoms with Crippen LogP contribution in [-0.2, 0) is 40.1 Å². The first kappa shape index (κ1) is 76.0. The zero-order chi connectivity index (χ0) is 54.5. The number of halogens is 1. The molecule has 0 bridgehead atoms. The van der Waals surface area contributed by atoms with Gasteiger partial charge < -0.3 is 44.9 Å². The second-order valence-corrected chi connectivity index (χ2v) is 12.8. The Morgan fingerprint density at radius 2 is 1.15 bits per heavy atom. The Bertz CT molecular complexity index is 2410. The fraction of sp³-hybridized carbons (Fsp3) is 0.351. The summed E-state index contributed by atoms with van der Waals surface area (Å²) in [7, 11) is 4.32. The van der Waals surface area contributed by atoms with E-state index in [0.717, 1.165) is 44.5 Å². The van der Waals surface area contributed by atoms with Crippen LogP contribution >= 0.6 is 0 Å². The summed E-state index contributed by atoms with van der Waals surface area (Å²) in [6.45, 7) is 13.2. The molecule has 0 spiro atoms. The Kier molecular flexibility index (Phi) is 51.3. The van der Waals surface area contributed by atoms with E-state index in [2.05, 4.69) is 80.1 Å². The van der Waals surface area contributed by atoms with Gasteiger partial charge in [0, 0.05) is 100.0 Å². The van der Waals surface area contributed by atoms with Crippen LogP contribution in [0.2, 0.25) is 0 Å². The van der Waals surface area contributed by atoms with Gasteiger partial charge in [-0.05, 0) is 85.7 Å². The van der Waals surface area contributed by atoms with E-state index in [1.54, 1.807) is 39.0 Å². The van der Waals surface area contributed by atoms with Crippen molar-refractivity contribution in [2.75, 3.05) is 19.6 Å². The standard InChI is InChI=1S/C14H20N8O2.C7H4FNO3.C7H4N6O.C4H6O4.C3H9N.C2H3BO2.N3.2Na/c1-14(2,3)24-13(23)18-7-6-17-9-10-4-5-11(19-21-15)12(8-10)20-22-16;8-6-3-5(4-10)1-2-7(6)9(11)12;8-12-10-6-2-1-5(4-14)3-7(6)11-13-9;1-3(5)7-8-4(2)6;1-2-3-4;1-2(4)5-3;1-3-2;;/h4-5,8,17H,6-7,9H2,1-3H3,(H,18,23);1-4H;1-4H;1-2H3;2-4H2,1H3;1H3;;;/q;;;;;2*-1;2*+1. The number of nitro groups is 1. The van der Waals surface area contributed by atoms with Crippen LogP contribution in [0.25, 0.3) is 57.7 Å². The molecule has 0 heterocycles. The number of aldehydes is 2. The van der Waals surface area contributed by atoms with Crippen LogP contribution in [0, 0.1) is 15.9 Å². The van der Waals surface area contributed by atoms with E-state index >= 15 is 0 Å². The number of hydrogen-bond donors (Lipinski definition) is 3. The largest absolute Gasteiger partial charge is 1.00 e. The molecule has 0 fully saturated rings. The minimum atomic E-state index is -0.996. The van der Waals surface area contributed by atoms with E-state index < -0.39 is 46.0 Å². The summed E-state index contributed by atoms with van der Waals surface area (Å²) in [5, 5.41) is 29.4. The van der Waals surface area contributed by atoms with E-state index in [1.807, 2.05) is 0 Å². The summed E-state index contributed by atoms with van der Waals surface area (Å²) in [5.41, 5.74) is 52.9. The molecule has 0 aliphatic heterocycles. The molecule has 31 nitrogen and oxygen atoms in total. The minimum absolute atomic E-state index is 0. The van der Waals surface area contributed by atoms with Crippen LogP contribution < -0.4 is 75.5 Å². The molecule has 0 unspecified atom stereocenters. The fourth-order valence-electron chi connectivity index (χ4n) is 3.48. The third kappa shape index (κ3) is 45.0. The number of rotatable bonds is 13. The monoisotopic (exact) mass is 1020 g/mol. The van der Waals surface area contributed by atoms with Crippen molar-refractivity contribution >= 4 is 73.1 Å². The molecule has 3 aromatic carbocycles. The first-order valence-corrected chi connectivity index (χ1v) is 19.0.